The zero-order valence-electron chi connectivity index (χ0n) is 24.0. The van der Waals surface area contributed by atoms with E-state index in [0.29, 0.717) is 12.0 Å². The summed E-state index contributed by atoms with van der Waals surface area (Å²) in [5, 5.41) is 18.8. The molecule has 7 nitrogen and oxygen atoms in total. The van der Waals surface area contributed by atoms with Crippen LogP contribution in [0.3, 0.4) is 0 Å². The summed E-state index contributed by atoms with van der Waals surface area (Å²) in [4.78, 5) is 38.8. The van der Waals surface area contributed by atoms with E-state index in [0.717, 1.165) is 18.4 Å². The predicted octanol–water partition coefficient (Wildman–Crippen LogP) is 4.85. The maximum Gasteiger partial charge on any atom is 0.331 e. The summed E-state index contributed by atoms with van der Waals surface area (Å²) < 4.78 is 0. The number of carbonyl (C=O) groups excluding carboxylic acids is 2. The zero-order valence-corrected chi connectivity index (χ0v) is 24.8. The van der Waals surface area contributed by atoms with Crippen molar-refractivity contribution in [2.24, 2.45) is 11.3 Å². The van der Waals surface area contributed by atoms with Crippen molar-refractivity contribution in [3.8, 4) is 0 Å². The Labute approximate surface area is 229 Å². The van der Waals surface area contributed by atoms with Crippen LogP contribution in [0, 0.1) is 11.3 Å². The average molecular weight is 538 g/mol. The second-order valence-electron chi connectivity index (χ2n) is 11.5. The minimum atomic E-state index is -0.968. The SMILES string of the molecule is CCCC/C(=C\[C@@H](NC(=O)[C@@H](NC(=O)[C@@H](NC)C(C)(C)c1ccccc1)C(C)(C)C)C(C)C)C(=O)O.Cl. The summed E-state index contributed by atoms with van der Waals surface area (Å²) in [6.07, 6.45) is 3.74. The molecule has 1 rings (SSSR count). The van der Waals surface area contributed by atoms with Gasteiger partial charge in [0, 0.05) is 11.0 Å². The summed E-state index contributed by atoms with van der Waals surface area (Å²) in [7, 11) is 1.74. The number of aliphatic carboxylic acids is 1. The number of nitrogens with one attached hydrogen (secondary N) is 3. The first-order valence-electron chi connectivity index (χ1n) is 12.9. The van der Waals surface area contributed by atoms with Gasteiger partial charge in [0.25, 0.3) is 0 Å². The number of halogens is 1. The molecule has 1 aromatic rings. The monoisotopic (exact) mass is 537 g/mol. The van der Waals surface area contributed by atoms with Gasteiger partial charge in [0.15, 0.2) is 0 Å². The van der Waals surface area contributed by atoms with Crippen molar-refractivity contribution in [1.29, 1.82) is 0 Å². The third-order valence-electron chi connectivity index (χ3n) is 6.69. The van der Waals surface area contributed by atoms with Gasteiger partial charge >= 0.3 is 5.97 Å². The van der Waals surface area contributed by atoms with Crippen LogP contribution in [-0.4, -0.2) is 48.1 Å². The molecule has 0 radical (unpaired) electrons. The molecule has 0 aromatic heterocycles. The van der Waals surface area contributed by atoms with Crippen molar-refractivity contribution in [3.63, 3.8) is 0 Å². The molecule has 0 fully saturated rings. The maximum atomic E-state index is 13.5. The van der Waals surface area contributed by atoms with Gasteiger partial charge in [-0.05, 0) is 36.8 Å². The number of carbonyl (C=O) groups is 3. The molecular formula is C29H48ClN3O4. The number of carboxylic acids is 1. The molecule has 4 N–H and O–H groups in total. The highest BCUT2D eigenvalue weighted by atomic mass is 35.5. The lowest BCUT2D eigenvalue weighted by molar-refractivity contribution is -0.133. The standard InChI is InChI=1S/C29H47N3O4.ClH/c1-10-11-15-20(27(35)36)18-22(19(2)3)31-25(33)23(28(4,5)6)32-26(34)24(30-9)29(7,8)21-16-13-12-14-17-21;/h12-14,16-19,22-24,30H,10-11,15H2,1-9H3,(H,31,33)(H,32,34)(H,35,36);1H/b20-18+;/t22-,23-,24-;/m1./s1. The van der Waals surface area contributed by atoms with E-state index in [1.165, 1.54) is 0 Å². The molecule has 0 bridgehead atoms. The Balaban J connectivity index is 0.0000130. The first-order valence-corrected chi connectivity index (χ1v) is 12.9. The Bertz CT molecular complexity index is 907. The van der Waals surface area contributed by atoms with Gasteiger partial charge in [0.1, 0.15) is 6.04 Å². The fourth-order valence-corrected chi connectivity index (χ4v) is 4.25. The Morgan fingerprint density at radius 3 is 1.92 bits per heavy atom. The number of rotatable bonds is 13. The summed E-state index contributed by atoms with van der Waals surface area (Å²) in [5.74, 6) is -1.60. The highest BCUT2D eigenvalue weighted by molar-refractivity contribution is 5.91. The van der Waals surface area contributed by atoms with Crippen LogP contribution in [0.5, 0.6) is 0 Å². The van der Waals surface area contributed by atoms with Crippen molar-refractivity contribution in [3.05, 3.63) is 47.5 Å². The van der Waals surface area contributed by atoms with E-state index >= 15 is 0 Å². The van der Waals surface area contributed by atoms with Crippen molar-refractivity contribution in [2.45, 2.75) is 98.2 Å². The Hall–Kier alpha value is -2.38. The molecule has 0 spiro atoms. The van der Waals surface area contributed by atoms with Crippen molar-refractivity contribution in [1.82, 2.24) is 16.0 Å². The van der Waals surface area contributed by atoms with E-state index in [4.69, 9.17) is 0 Å². The second kappa shape index (κ2) is 15.1. The lowest BCUT2D eigenvalue weighted by atomic mass is 9.76. The molecule has 0 unspecified atom stereocenters. The minimum Gasteiger partial charge on any atom is -0.478 e. The summed E-state index contributed by atoms with van der Waals surface area (Å²) >= 11 is 0. The Morgan fingerprint density at radius 1 is 0.946 bits per heavy atom. The normalized spacial score (nSPS) is 14.8. The molecule has 8 heteroatoms. The van der Waals surface area contributed by atoms with E-state index in [9.17, 15) is 19.5 Å². The van der Waals surface area contributed by atoms with Gasteiger partial charge in [-0.15, -0.1) is 12.4 Å². The molecule has 0 aliphatic rings. The van der Waals surface area contributed by atoms with Crippen LogP contribution in [0.15, 0.2) is 42.0 Å². The third-order valence-corrected chi connectivity index (χ3v) is 6.69. The number of hydrogen-bond donors (Lipinski definition) is 4. The Kier molecular flexibility index (Phi) is 14.2. The van der Waals surface area contributed by atoms with E-state index in [-0.39, 0.29) is 30.1 Å². The van der Waals surface area contributed by atoms with Crippen LogP contribution in [-0.2, 0) is 19.8 Å². The molecule has 210 valence electrons. The first-order chi connectivity index (χ1) is 16.7. The number of unbranched alkanes of at least 4 members (excludes halogenated alkanes) is 1. The van der Waals surface area contributed by atoms with E-state index in [2.05, 4.69) is 16.0 Å². The lowest BCUT2D eigenvalue weighted by Gasteiger charge is -2.37. The van der Waals surface area contributed by atoms with Crippen LogP contribution in [0.2, 0.25) is 0 Å². The quantitative estimate of drug-likeness (QED) is 0.269. The largest absolute Gasteiger partial charge is 0.478 e. The minimum absolute atomic E-state index is 0. The van der Waals surface area contributed by atoms with Gasteiger partial charge < -0.3 is 21.1 Å². The highest BCUT2D eigenvalue weighted by Gasteiger charge is 2.40. The molecule has 2 amide bonds. The third kappa shape index (κ3) is 10.1. The number of carboxylic acid groups (broad SMARTS) is 1. The maximum absolute atomic E-state index is 13.5. The molecule has 1 aromatic carbocycles. The summed E-state index contributed by atoms with van der Waals surface area (Å²) in [6, 6.07) is 7.94. The summed E-state index contributed by atoms with van der Waals surface area (Å²) in [5.41, 5.74) is 0.206. The van der Waals surface area contributed by atoms with Gasteiger partial charge in [-0.25, -0.2) is 4.79 Å². The average Bonchev–Trinajstić information content (AvgIpc) is 2.79. The second-order valence-corrected chi connectivity index (χ2v) is 11.5. The molecular weight excluding hydrogens is 490 g/mol. The van der Waals surface area contributed by atoms with Gasteiger partial charge in [0.2, 0.25) is 11.8 Å². The van der Waals surface area contributed by atoms with E-state index in [1.54, 1.807) is 13.1 Å². The fourth-order valence-electron chi connectivity index (χ4n) is 4.25. The van der Waals surface area contributed by atoms with Crippen LogP contribution in [0.1, 0.15) is 80.2 Å². The van der Waals surface area contributed by atoms with Crippen molar-refractivity contribution < 1.29 is 19.5 Å². The van der Waals surface area contributed by atoms with Crippen LogP contribution in [0.25, 0.3) is 0 Å². The van der Waals surface area contributed by atoms with Gasteiger partial charge in [-0.1, -0.05) is 98.2 Å². The van der Waals surface area contributed by atoms with Crippen LogP contribution >= 0.6 is 12.4 Å². The molecule has 37 heavy (non-hydrogen) atoms. The molecule has 0 heterocycles. The van der Waals surface area contributed by atoms with Gasteiger partial charge in [-0.2, -0.15) is 0 Å². The van der Waals surface area contributed by atoms with E-state index < -0.39 is 34.9 Å². The Morgan fingerprint density at radius 2 is 1.49 bits per heavy atom. The highest BCUT2D eigenvalue weighted by Crippen LogP contribution is 2.28. The first kappa shape index (κ1) is 34.6. The fraction of sp³-hybridized carbons (Fsp3) is 0.621. The number of benzene rings is 1. The topological polar surface area (TPSA) is 108 Å². The summed E-state index contributed by atoms with van der Waals surface area (Å²) in [6.45, 7) is 15.6. The smallest absolute Gasteiger partial charge is 0.331 e. The van der Waals surface area contributed by atoms with Crippen molar-refractivity contribution >= 4 is 30.2 Å². The van der Waals surface area contributed by atoms with Crippen molar-refractivity contribution in [2.75, 3.05) is 7.05 Å². The molecule has 0 saturated carbocycles. The molecule has 0 aliphatic carbocycles. The van der Waals surface area contributed by atoms with Crippen LogP contribution in [0.4, 0.5) is 0 Å². The molecule has 0 saturated heterocycles. The number of likely N-dealkylation sites (N-methyl/N-ethyl adjacent to an activating group) is 1. The molecule has 0 aliphatic heterocycles. The zero-order chi connectivity index (χ0) is 27.7. The number of hydrogen-bond acceptors (Lipinski definition) is 4. The predicted molar refractivity (Wildman–Crippen MR) is 153 cm³/mol. The molecule has 3 atom stereocenters. The van der Waals surface area contributed by atoms with E-state index in [1.807, 2.05) is 85.7 Å². The van der Waals surface area contributed by atoms with Gasteiger partial charge in [-0.3, -0.25) is 9.59 Å². The lowest BCUT2D eigenvalue weighted by Crippen LogP contribution is -2.61. The van der Waals surface area contributed by atoms with Crippen LogP contribution < -0.4 is 16.0 Å². The van der Waals surface area contributed by atoms with Gasteiger partial charge in [0.05, 0.1) is 12.1 Å². The number of amides is 2.